The first-order valence-electron chi connectivity index (χ1n) is 9.90. The van der Waals surface area contributed by atoms with Crippen LogP contribution in [0.25, 0.3) is 0 Å². The fourth-order valence-electron chi connectivity index (χ4n) is 3.38. The van der Waals surface area contributed by atoms with Crippen molar-refractivity contribution in [2.45, 2.75) is 58.0 Å². The lowest BCUT2D eigenvalue weighted by atomic mass is 9.88. The summed E-state index contributed by atoms with van der Waals surface area (Å²) in [5.74, 6) is 0.0296. The number of benzene rings is 2. The molecule has 0 spiro atoms. The van der Waals surface area contributed by atoms with E-state index in [2.05, 4.69) is 32.9 Å². The summed E-state index contributed by atoms with van der Waals surface area (Å²) in [4.78, 5) is 15.2. The van der Waals surface area contributed by atoms with E-state index in [1.165, 1.54) is 0 Å². The number of carbonyl (C=O) groups excluding carboxylic acids is 1. The number of rotatable bonds is 9. The first kappa shape index (κ1) is 21.0. The Hall–Kier alpha value is -2.33. The van der Waals surface area contributed by atoms with Gasteiger partial charge in [-0.2, -0.15) is 0 Å². The minimum absolute atomic E-state index is 0.00770. The molecular formula is C23H33N3O. The van der Waals surface area contributed by atoms with Gasteiger partial charge >= 0.3 is 0 Å². The Balaban J connectivity index is 2.20. The van der Waals surface area contributed by atoms with Gasteiger partial charge in [-0.3, -0.25) is 4.79 Å². The smallest absolute Gasteiger partial charge is 0.254 e. The van der Waals surface area contributed by atoms with Gasteiger partial charge in [-0.05, 0) is 62.4 Å². The molecule has 0 saturated heterocycles. The maximum Gasteiger partial charge on any atom is 0.254 e. The fraction of sp³-hybridized carbons (Fsp3) is 0.435. The molecule has 1 atom stereocenters. The fourth-order valence-corrected chi connectivity index (χ4v) is 3.38. The molecule has 146 valence electrons. The number of anilines is 1. The Labute approximate surface area is 163 Å². The second-order valence-electron chi connectivity index (χ2n) is 7.38. The van der Waals surface area contributed by atoms with Crippen molar-refractivity contribution >= 4 is 11.6 Å². The van der Waals surface area contributed by atoms with Crippen molar-refractivity contribution in [1.82, 2.24) is 4.90 Å². The first-order chi connectivity index (χ1) is 12.9. The average molecular weight is 368 g/mol. The van der Waals surface area contributed by atoms with Gasteiger partial charge in [0, 0.05) is 23.3 Å². The largest absolute Gasteiger partial charge is 0.399 e. The topological polar surface area (TPSA) is 72.3 Å². The quantitative estimate of drug-likeness (QED) is 0.627. The standard InChI is InChI=1S/C23H33N3O/c1-4-23(25,5-2)16-9-17-26(18(3)19-10-7-6-8-11-19)22(27)20-12-14-21(24)15-13-20/h6-8,10-15,18H,4-5,9,16-17,24-25H2,1-3H3. The Morgan fingerprint density at radius 1 is 1.04 bits per heavy atom. The summed E-state index contributed by atoms with van der Waals surface area (Å²) in [6.45, 7) is 7.03. The minimum Gasteiger partial charge on any atom is -0.399 e. The zero-order valence-corrected chi connectivity index (χ0v) is 16.8. The van der Waals surface area contributed by atoms with Gasteiger partial charge in [0.25, 0.3) is 5.91 Å². The number of amides is 1. The van der Waals surface area contributed by atoms with Crippen LogP contribution in [0.2, 0.25) is 0 Å². The van der Waals surface area contributed by atoms with Crippen LogP contribution in [-0.2, 0) is 0 Å². The Morgan fingerprint density at radius 2 is 1.63 bits per heavy atom. The molecule has 1 amide bonds. The van der Waals surface area contributed by atoms with Crippen LogP contribution in [0.4, 0.5) is 5.69 Å². The van der Waals surface area contributed by atoms with Gasteiger partial charge in [-0.1, -0.05) is 44.2 Å². The number of carbonyl (C=O) groups is 1. The summed E-state index contributed by atoms with van der Waals surface area (Å²) in [5, 5.41) is 0. The lowest BCUT2D eigenvalue weighted by Gasteiger charge is -2.32. The molecule has 2 aromatic rings. The summed E-state index contributed by atoms with van der Waals surface area (Å²) < 4.78 is 0. The SMILES string of the molecule is CCC(N)(CC)CCCN(C(=O)c1ccc(N)cc1)C(C)c1ccccc1. The molecule has 0 fully saturated rings. The van der Waals surface area contributed by atoms with Gasteiger partial charge in [0.05, 0.1) is 6.04 Å². The Bertz CT molecular complexity index is 708. The third kappa shape index (κ3) is 5.57. The van der Waals surface area contributed by atoms with Crippen molar-refractivity contribution < 1.29 is 4.79 Å². The molecular weight excluding hydrogens is 334 g/mol. The Kier molecular flexibility index (Phi) is 7.43. The van der Waals surface area contributed by atoms with Crippen molar-refractivity contribution in [3.8, 4) is 0 Å². The van der Waals surface area contributed by atoms with E-state index < -0.39 is 0 Å². The molecule has 4 N–H and O–H groups in total. The lowest BCUT2D eigenvalue weighted by molar-refractivity contribution is 0.0682. The van der Waals surface area contributed by atoms with E-state index >= 15 is 0 Å². The summed E-state index contributed by atoms with van der Waals surface area (Å²) >= 11 is 0. The van der Waals surface area contributed by atoms with Crippen molar-refractivity contribution in [3.63, 3.8) is 0 Å². The van der Waals surface area contributed by atoms with Gasteiger partial charge < -0.3 is 16.4 Å². The van der Waals surface area contributed by atoms with E-state index in [-0.39, 0.29) is 17.5 Å². The van der Waals surface area contributed by atoms with Crippen molar-refractivity contribution in [1.29, 1.82) is 0 Å². The van der Waals surface area contributed by atoms with E-state index in [0.717, 1.165) is 31.2 Å². The normalized spacial score (nSPS) is 12.6. The second-order valence-corrected chi connectivity index (χ2v) is 7.38. The molecule has 0 bridgehead atoms. The zero-order valence-electron chi connectivity index (χ0n) is 16.8. The molecule has 27 heavy (non-hydrogen) atoms. The number of hydrogen-bond acceptors (Lipinski definition) is 3. The van der Waals surface area contributed by atoms with E-state index in [4.69, 9.17) is 11.5 Å². The summed E-state index contributed by atoms with van der Waals surface area (Å²) in [5.41, 5.74) is 14.5. The molecule has 4 heteroatoms. The number of nitrogens with two attached hydrogens (primary N) is 2. The molecule has 0 heterocycles. The highest BCUT2D eigenvalue weighted by atomic mass is 16.2. The number of nitrogens with zero attached hydrogens (tertiary/aromatic N) is 1. The molecule has 1 unspecified atom stereocenters. The molecule has 2 rings (SSSR count). The second kappa shape index (κ2) is 9.56. The lowest BCUT2D eigenvalue weighted by Crippen LogP contribution is -2.40. The maximum atomic E-state index is 13.2. The van der Waals surface area contributed by atoms with Crippen LogP contribution in [0.1, 0.15) is 68.4 Å². The third-order valence-corrected chi connectivity index (χ3v) is 5.65. The zero-order chi connectivity index (χ0) is 19.9. The molecule has 0 aromatic heterocycles. The van der Waals surface area contributed by atoms with Gasteiger partial charge in [0.1, 0.15) is 0 Å². The highest BCUT2D eigenvalue weighted by Gasteiger charge is 2.25. The molecule has 0 saturated carbocycles. The number of hydrogen-bond donors (Lipinski definition) is 2. The van der Waals surface area contributed by atoms with E-state index in [9.17, 15) is 4.79 Å². The molecule has 0 aliphatic heterocycles. The molecule has 4 nitrogen and oxygen atoms in total. The van der Waals surface area contributed by atoms with E-state index in [0.29, 0.717) is 17.8 Å². The van der Waals surface area contributed by atoms with Crippen molar-refractivity contribution in [2.75, 3.05) is 12.3 Å². The highest BCUT2D eigenvalue weighted by Crippen LogP contribution is 2.25. The van der Waals surface area contributed by atoms with Gasteiger partial charge in [-0.15, -0.1) is 0 Å². The molecule has 0 aliphatic rings. The first-order valence-corrected chi connectivity index (χ1v) is 9.90. The van der Waals surface area contributed by atoms with Gasteiger partial charge in [-0.25, -0.2) is 0 Å². The summed E-state index contributed by atoms with van der Waals surface area (Å²) in [7, 11) is 0. The summed E-state index contributed by atoms with van der Waals surface area (Å²) in [6.07, 6.45) is 3.69. The van der Waals surface area contributed by atoms with Crippen LogP contribution >= 0.6 is 0 Å². The molecule has 2 aromatic carbocycles. The Morgan fingerprint density at radius 3 is 2.19 bits per heavy atom. The third-order valence-electron chi connectivity index (χ3n) is 5.65. The van der Waals surface area contributed by atoms with Crippen LogP contribution in [0.5, 0.6) is 0 Å². The summed E-state index contributed by atoms with van der Waals surface area (Å²) in [6, 6.07) is 17.3. The van der Waals surface area contributed by atoms with E-state index in [1.807, 2.05) is 23.1 Å². The highest BCUT2D eigenvalue weighted by molar-refractivity contribution is 5.94. The average Bonchev–Trinajstić information content (AvgIpc) is 2.71. The monoisotopic (exact) mass is 367 g/mol. The molecule has 0 radical (unpaired) electrons. The van der Waals surface area contributed by atoms with Crippen LogP contribution in [0.3, 0.4) is 0 Å². The van der Waals surface area contributed by atoms with Crippen molar-refractivity contribution in [2.24, 2.45) is 5.73 Å². The van der Waals surface area contributed by atoms with Crippen molar-refractivity contribution in [3.05, 3.63) is 65.7 Å². The predicted molar refractivity (Wildman–Crippen MR) is 113 cm³/mol. The predicted octanol–water partition coefficient (Wildman–Crippen LogP) is 4.77. The van der Waals surface area contributed by atoms with Crippen LogP contribution in [0, 0.1) is 0 Å². The number of nitrogen functional groups attached to an aromatic ring is 1. The van der Waals surface area contributed by atoms with Gasteiger partial charge in [0.15, 0.2) is 0 Å². The maximum absolute atomic E-state index is 13.2. The van der Waals surface area contributed by atoms with Crippen LogP contribution in [0.15, 0.2) is 54.6 Å². The van der Waals surface area contributed by atoms with Gasteiger partial charge in [0.2, 0.25) is 0 Å². The molecule has 0 aliphatic carbocycles. The van der Waals surface area contributed by atoms with Crippen LogP contribution in [-0.4, -0.2) is 22.9 Å². The van der Waals surface area contributed by atoms with E-state index in [1.54, 1.807) is 24.3 Å². The van der Waals surface area contributed by atoms with Crippen LogP contribution < -0.4 is 11.5 Å². The minimum atomic E-state index is -0.147.